The Morgan fingerprint density at radius 1 is 1.30 bits per heavy atom. The van der Waals surface area contributed by atoms with Crippen molar-refractivity contribution in [2.24, 2.45) is 0 Å². The quantitative estimate of drug-likeness (QED) is 0.918. The molecular formula is C15H16FNO2S. The number of carbonyl (C=O) groups is 1. The monoisotopic (exact) mass is 293 g/mol. The number of rotatable bonds is 5. The number of thiophene rings is 1. The van der Waals surface area contributed by atoms with Crippen LogP contribution in [0.2, 0.25) is 0 Å². The van der Waals surface area contributed by atoms with Crippen LogP contribution in [0.3, 0.4) is 0 Å². The van der Waals surface area contributed by atoms with Crippen molar-refractivity contribution in [2.75, 3.05) is 0 Å². The number of hydrogen-bond donors (Lipinski definition) is 1. The molecule has 0 spiro atoms. The summed E-state index contributed by atoms with van der Waals surface area (Å²) in [5, 5.41) is 4.79. The summed E-state index contributed by atoms with van der Waals surface area (Å²) in [7, 11) is 0. The number of amides is 1. The summed E-state index contributed by atoms with van der Waals surface area (Å²) in [6.07, 6.45) is 0. The maximum Gasteiger partial charge on any atom is 0.263 e. The van der Waals surface area contributed by atoms with Crippen LogP contribution in [0.25, 0.3) is 0 Å². The minimum Gasteiger partial charge on any atom is -0.478 e. The molecule has 0 aliphatic rings. The summed E-state index contributed by atoms with van der Waals surface area (Å²) in [6.45, 7) is 3.84. The van der Waals surface area contributed by atoms with E-state index < -0.39 is 5.60 Å². The highest BCUT2D eigenvalue weighted by molar-refractivity contribution is 7.09. The molecule has 2 aromatic rings. The zero-order chi connectivity index (χ0) is 14.6. The molecule has 0 aliphatic carbocycles. The van der Waals surface area contributed by atoms with E-state index in [0.29, 0.717) is 12.3 Å². The molecule has 0 bridgehead atoms. The maximum absolute atomic E-state index is 12.8. The molecule has 20 heavy (non-hydrogen) atoms. The smallest absolute Gasteiger partial charge is 0.263 e. The second kappa shape index (κ2) is 6.05. The first-order valence-corrected chi connectivity index (χ1v) is 7.10. The molecular weight excluding hydrogens is 277 g/mol. The number of benzene rings is 1. The van der Waals surface area contributed by atoms with Gasteiger partial charge in [0.1, 0.15) is 11.6 Å². The predicted octanol–water partition coefficient (Wildman–Crippen LogP) is 3.36. The summed E-state index contributed by atoms with van der Waals surface area (Å²) in [5.74, 6) is -0.0878. The first-order chi connectivity index (χ1) is 9.47. The number of hydrogen-bond acceptors (Lipinski definition) is 3. The van der Waals surface area contributed by atoms with E-state index in [9.17, 15) is 9.18 Å². The largest absolute Gasteiger partial charge is 0.478 e. The molecule has 1 heterocycles. The van der Waals surface area contributed by atoms with Crippen LogP contribution in [-0.2, 0) is 11.3 Å². The van der Waals surface area contributed by atoms with Crippen LogP contribution >= 0.6 is 11.3 Å². The lowest BCUT2D eigenvalue weighted by molar-refractivity contribution is -0.134. The molecule has 0 saturated carbocycles. The SMILES string of the molecule is CC(C)(Oc1ccc(F)cc1)C(=O)NCc1cccs1. The van der Waals surface area contributed by atoms with Crippen molar-refractivity contribution in [1.82, 2.24) is 5.32 Å². The summed E-state index contributed by atoms with van der Waals surface area (Å²) in [4.78, 5) is 13.2. The van der Waals surface area contributed by atoms with Gasteiger partial charge in [-0.05, 0) is 49.6 Å². The van der Waals surface area contributed by atoms with E-state index in [-0.39, 0.29) is 11.7 Å². The Balaban J connectivity index is 1.94. The highest BCUT2D eigenvalue weighted by Crippen LogP contribution is 2.19. The van der Waals surface area contributed by atoms with E-state index in [2.05, 4.69) is 5.32 Å². The van der Waals surface area contributed by atoms with E-state index in [0.717, 1.165) is 4.88 Å². The Morgan fingerprint density at radius 3 is 2.60 bits per heavy atom. The molecule has 1 N–H and O–H groups in total. The molecule has 0 atom stereocenters. The van der Waals surface area contributed by atoms with E-state index in [1.54, 1.807) is 25.2 Å². The second-order valence-electron chi connectivity index (χ2n) is 4.83. The van der Waals surface area contributed by atoms with Gasteiger partial charge >= 0.3 is 0 Å². The molecule has 0 aliphatic heterocycles. The number of ether oxygens (including phenoxy) is 1. The average molecular weight is 293 g/mol. The normalized spacial score (nSPS) is 11.2. The predicted molar refractivity (Wildman–Crippen MR) is 77.3 cm³/mol. The Morgan fingerprint density at radius 2 is 2.00 bits per heavy atom. The minimum atomic E-state index is -1.02. The Hall–Kier alpha value is -1.88. The highest BCUT2D eigenvalue weighted by atomic mass is 32.1. The zero-order valence-corrected chi connectivity index (χ0v) is 12.2. The topological polar surface area (TPSA) is 38.3 Å². The van der Waals surface area contributed by atoms with Crippen molar-refractivity contribution in [2.45, 2.75) is 26.0 Å². The van der Waals surface area contributed by atoms with E-state index in [1.165, 1.54) is 24.3 Å². The van der Waals surface area contributed by atoms with Crippen LogP contribution < -0.4 is 10.1 Å². The molecule has 1 aromatic carbocycles. The van der Waals surface area contributed by atoms with Gasteiger partial charge in [0, 0.05) is 4.88 Å². The van der Waals surface area contributed by atoms with Crippen LogP contribution in [0.4, 0.5) is 4.39 Å². The third-order valence-corrected chi connectivity index (χ3v) is 3.61. The van der Waals surface area contributed by atoms with Gasteiger partial charge in [-0.15, -0.1) is 11.3 Å². The fourth-order valence-corrected chi connectivity index (χ4v) is 2.28. The number of nitrogens with one attached hydrogen (secondary N) is 1. The lowest BCUT2D eigenvalue weighted by Crippen LogP contribution is -2.46. The third-order valence-electron chi connectivity index (χ3n) is 2.74. The third kappa shape index (κ3) is 3.81. The van der Waals surface area contributed by atoms with Crippen molar-refractivity contribution in [3.8, 4) is 5.75 Å². The van der Waals surface area contributed by atoms with Crippen LogP contribution in [0.5, 0.6) is 5.75 Å². The summed E-state index contributed by atoms with van der Waals surface area (Å²) in [6, 6.07) is 9.50. The fourth-order valence-electron chi connectivity index (χ4n) is 1.64. The molecule has 1 amide bonds. The van der Waals surface area contributed by atoms with Crippen molar-refractivity contribution >= 4 is 17.2 Å². The summed E-state index contributed by atoms with van der Waals surface area (Å²) >= 11 is 1.58. The first-order valence-electron chi connectivity index (χ1n) is 6.22. The van der Waals surface area contributed by atoms with E-state index in [4.69, 9.17) is 4.74 Å². The van der Waals surface area contributed by atoms with Crippen LogP contribution in [0.1, 0.15) is 18.7 Å². The summed E-state index contributed by atoms with van der Waals surface area (Å²) in [5.41, 5.74) is -1.02. The van der Waals surface area contributed by atoms with Gasteiger partial charge in [0.05, 0.1) is 6.54 Å². The molecule has 106 valence electrons. The van der Waals surface area contributed by atoms with Crippen LogP contribution in [-0.4, -0.2) is 11.5 Å². The van der Waals surface area contributed by atoms with Gasteiger partial charge in [-0.3, -0.25) is 4.79 Å². The maximum atomic E-state index is 12.8. The minimum absolute atomic E-state index is 0.213. The number of carbonyl (C=O) groups excluding carboxylic acids is 1. The second-order valence-corrected chi connectivity index (χ2v) is 5.86. The molecule has 0 fully saturated rings. The lowest BCUT2D eigenvalue weighted by Gasteiger charge is -2.25. The van der Waals surface area contributed by atoms with Crippen LogP contribution in [0.15, 0.2) is 41.8 Å². The van der Waals surface area contributed by atoms with Gasteiger partial charge in [0.2, 0.25) is 0 Å². The molecule has 5 heteroatoms. The molecule has 0 saturated heterocycles. The molecule has 0 unspecified atom stereocenters. The van der Waals surface area contributed by atoms with E-state index >= 15 is 0 Å². The van der Waals surface area contributed by atoms with Gasteiger partial charge in [-0.2, -0.15) is 0 Å². The van der Waals surface area contributed by atoms with E-state index in [1.807, 2.05) is 17.5 Å². The zero-order valence-electron chi connectivity index (χ0n) is 11.4. The van der Waals surface area contributed by atoms with Crippen molar-refractivity contribution in [1.29, 1.82) is 0 Å². The molecule has 2 rings (SSSR count). The molecule has 0 radical (unpaired) electrons. The Labute approximate surface area is 121 Å². The van der Waals surface area contributed by atoms with Crippen molar-refractivity contribution < 1.29 is 13.9 Å². The van der Waals surface area contributed by atoms with Gasteiger partial charge in [0.25, 0.3) is 5.91 Å². The van der Waals surface area contributed by atoms with Gasteiger partial charge in [-0.25, -0.2) is 4.39 Å². The number of halogens is 1. The van der Waals surface area contributed by atoms with Gasteiger partial charge < -0.3 is 10.1 Å². The van der Waals surface area contributed by atoms with Crippen molar-refractivity contribution in [3.63, 3.8) is 0 Å². The van der Waals surface area contributed by atoms with Gasteiger partial charge in [-0.1, -0.05) is 6.07 Å². The molecule has 3 nitrogen and oxygen atoms in total. The fraction of sp³-hybridized carbons (Fsp3) is 0.267. The Kier molecular flexibility index (Phi) is 4.39. The molecule has 1 aromatic heterocycles. The van der Waals surface area contributed by atoms with Crippen LogP contribution in [0, 0.1) is 5.82 Å². The highest BCUT2D eigenvalue weighted by Gasteiger charge is 2.29. The standard InChI is InChI=1S/C15H16FNO2S/c1-15(2,19-12-7-5-11(16)6-8-12)14(18)17-10-13-4-3-9-20-13/h3-9H,10H2,1-2H3,(H,17,18). The lowest BCUT2D eigenvalue weighted by atomic mass is 10.1. The average Bonchev–Trinajstić information content (AvgIpc) is 2.91. The van der Waals surface area contributed by atoms with Crippen molar-refractivity contribution in [3.05, 3.63) is 52.5 Å². The Bertz CT molecular complexity index is 564. The first kappa shape index (κ1) is 14.5. The summed E-state index contributed by atoms with van der Waals surface area (Å²) < 4.78 is 18.4. The van der Waals surface area contributed by atoms with Gasteiger partial charge in [0.15, 0.2) is 5.60 Å².